The number of nitrogens with zero attached hydrogens (tertiary/aromatic N) is 4. The van der Waals surface area contributed by atoms with E-state index in [4.69, 9.17) is 0 Å². The fourth-order valence-electron chi connectivity index (χ4n) is 1.18. The Morgan fingerprint density at radius 1 is 1.21 bits per heavy atom. The second-order valence-corrected chi connectivity index (χ2v) is 2.93. The minimum absolute atomic E-state index is 0.666. The summed E-state index contributed by atoms with van der Waals surface area (Å²) >= 11 is 0. The van der Waals surface area contributed by atoms with Gasteiger partial charge in [-0.1, -0.05) is 37.3 Å². The normalized spacial score (nSPS) is 10.4. The van der Waals surface area contributed by atoms with E-state index < -0.39 is 0 Å². The molecule has 2 rings (SSSR count). The van der Waals surface area contributed by atoms with Gasteiger partial charge in [0.25, 0.3) is 0 Å². The van der Waals surface area contributed by atoms with Gasteiger partial charge in [-0.05, 0) is 11.6 Å². The molecule has 0 aliphatic carbocycles. The minimum atomic E-state index is 0.666. The van der Waals surface area contributed by atoms with E-state index in [2.05, 4.69) is 22.3 Å². The van der Waals surface area contributed by atoms with Gasteiger partial charge in [0, 0.05) is 5.56 Å². The Kier molecular flexibility index (Phi) is 2.53. The molecule has 2 aromatic rings. The van der Waals surface area contributed by atoms with Crippen molar-refractivity contribution in [1.82, 2.24) is 20.2 Å². The molecule has 0 spiro atoms. The molecule has 4 heteroatoms. The highest BCUT2D eigenvalue weighted by Crippen LogP contribution is 2.11. The molecule has 1 heterocycles. The predicted molar refractivity (Wildman–Crippen MR) is 53.2 cm³/mol. The Morgan fingerprint density at radius 2 is 2.00 bits per heavy atom. The third-order valence-corrected chi connectivity index (χ3v) is 1.84. The van der Waals surface area contributed by atoms with Crippen molar-refractivity contribution in [3.63, 3.8) is 0 Å². The van der Waals surface area contributed by atoms with Gasteiger partial charge in [-0.2, -0.15) is 4.80 Å². The molecule has 1 radical (unpaired) electrons. The van der Waals surface area contributed by atoms with Gasteiger partial charge in [-0.3, -0.25) is 0 Å². The molecule has 0 atom stereocenters. The standard InChI is InChI=1S/C10H11N4/c1-2-8-14-12-10(11-13-14)9-6-4-3-5-7-9/h3-7H,1-2,8H2. The fourth-order valence-corrected chi connectivity index (χ4v) is 1.18. The van der Waals surface area contributed by atoms with Gasteiger partial charge in [0.05, 0.1) is 6.54 Å². The summed E-state index contributed by atoms with van der Waals surface area (Å²) in [6.07, 6.45) is 0.768. The summed E-state index contributed by atoms with van der Waals surface area (Å²) in [6.45, 7) is 4.44. The molecule has 0 unspecified atom stereocenters. The summed E-state index contributed by atoms with van der Waals surface area (Å²) in [5.74, 6) is 0.666. The predicted octanol–water partition coefficient (Wildman–Crippen LogP) is 1.56. The van der Waals surface area contributed by atoms with Crippen molar-refractivity contribution in [2.45, 2.75) is 13.0 Å². The maximum Gasteiger partial charge on any atom is 0.204 e. The van der Waals surface area contributed by atoms with Gasteiger partial charge in [0.2, 0.25) is 5.82 Å². The molecule has 0 aliphatic rings. The van der Waals surface area contributed by atoms with Gasteiger partial charge in [0.15, 0.2) is 0 Å². The molecule has 0 bridgehead atoms. The third-order valence-electron chi connectivity index (χ3n) is 1.84. The van der Waals surface area contributed by atoms with Gasteiger partial charge >= 0.3 is 0 Å². The summed E-state index contributed by atoms with van der Waals surface area (Å²) in [5.41, 5.74) is 0.989. The Morgan fingerprint density at radius 3 is 2.71 bits per heavy atom. The molecule has 0 saturated heterocycles. The third kappa shape index (κ3) is 1.79. The van der Waals surface area contributed by atoms with E-state index in [1.165, 1.54) is 0 Å². The molecular formula is C10H11N4. The Bertz CT molecular complexity index is 394. The largest absolute Gasteiger partial charge is 0.204 e. The van der Waals surface area contributed by atoms with Crippen LogP contribution in [0, 0.1) is 6.92 Å². The van der Waals surface area contributed by atoms with Gasteiger partial charge in [-0.15, -0.1) is 10.2 Å². The first-order chi connectivity index (χ1) is 6.90. The maximum atomic E-state index is 4.22. The van der Waals surface area contributed by atoms with E-state index in [1.807, 2.05) is 30.3 Å². The van der Waals surface area contributed by atoms with E-state index in [0.29, 0.717) is 12.4 Å². The Hall–Kier alpha value is -1.71. The van der Waals surface area contributed by atoms with Crippen molar-refractivity contribution in [2.24, 2.45) is 0 Å². The number of hydrogen-bond donors (Lipinski definition) is 0. The van der Waals surface area contributed by atoms with E-state index in [9.17, 15) is 0 Å². The first kappa shape index (κ1) is 8.87. The number of benzene rings is 1. The zero-order chi connectivity index (χ0) is 9.80. The first-order valence-electron chi connectivity index (χ1n) is 4.52. The van der Waals surface area contributed by atoms with Crippen molar-refractivity contribution in [3.05, 3.63) is 37.3 Å². The highest BCUT2D eigenvalue weighted by Gasteiger charge is 2.03. The number of aromatic nitrogens is 4. The molecule has 0 amide bonds. The van der Waals surface area contributed by atoms with E-state index >= 15 is 0 Å². The van der Waals surface area contributed by atoms with Crippen molar-refractivity contribution < 1.29 is 0 Å². The highest BCUT2D eigenvalue weighted by atomic mass is 15.6. The molecule has 0 aliphatic heterocycles. The van der Waals surface area contributed by atoms with Crippen LogP contribution in [-0.4, -0.2) is 20.2 Å². The molecule has 0 N–H and O–H groups in total. The SMILES string of the molecule is [CH2]CCn1nnc(-c2ccccc2)n1. The Balaban J connectivity index is 2.25. The van der Waals surface area contributed by atoms with Gasteiger partial charge in [0.1, 0.15) is 0 Å². The average Bonchev–Trinajstić information content (AvgIpc) is 2.68. The maximum absolute atomic E-state index is 4.22. The van der Waals surface area contributed by atoms with Gasteiger partial charge < -0.3 is 0 Å². The minimum Gasteiger partial charge on any atom is -0.164 e. The van der Waals surface area contributed by atoms with Crippen molar-refractivity contribution in [1.29, 1.82) is 0 Å². The van der Waals surface area contributed by atoms with Crippen LogP contribution in [-0.2, 0) is 6.54 Å². The lowest BCUT2D eigenvalue weighted by atomic mass is 10.2. The molecule has 0 fully saturated rings. The van der Waals surface area contributed by atoms with E-state index in [-0.39, 0.29) is 0 Å². The summed E-state index contributed by atoms with van der Waals surface area (Å²) in [6, 6.07) is 9.80. The van der Waals surface area contributed by atoms with E-state index in [0.717, 1.165) is 12.0 Å². The quantitative estimate of drug-likeness (QED) is 0.732. The second-order valence-electron chi connectivity index (χ2n) is 2.93. The highest BCUT2D eigenvalue weighted by molar-refractivity contribution is 5.52. The number of rotatable bonds is 3. The van der Waals surface area contributed by atoms with Crippen LogP contribution in [0.5, 0.6) is 0 Å². The van der Waals surface area contributed by atoms with Crippen LogP contribution in [0.4, 0.5) is 0 Å². The first-order valence-corrected chi connectivity index (χ1v) is 4.52. The van der Waals surface area contributed by atoms with Crippen LogP contribution >= 0.6 is 0 Å². The zero-order valence-corrected chi connectivity index (χ0v) is 7.80. The Labute approximate surface area is 82.6 Å². The lowest BCUT2D eigenvalue weighted by Crippen LogP contribution is -2.01. The summed E-state index contributed by atoms with van der Waals surface area (Å²) in [4.78, 5) is 1.56. The van der Waals surface area contributed by atoms with Crippen LogP contribution in [0.2, 0.25) is 0 Å². The zero-order valence-electron chi connectivity index (χ0n) is 7.80. The lowest BCUT2D eigenvalue weighted by molar-refractivity contribution is 0.527. The van der Waals surface area contributed by atoms with Crippen molar-refractivity contribution in [3.8, 4) is 11.4 Å². The topological polar surface area (TPSA) is 43.6 Å². The number of hydrogen-bond acceptors (Lipinski definition) is 3. The van der Waals surface area contributed by atoms with Crippen molar-refractivity contribution in [2.75, 3.05) is 0 Å². The lowest BCUT2D eigenvalue weighted by Gasteiger charge is -1.92. The van der Waals surface area contributed by atoms with Crippen LogP contribution in [0.3, 0.4) is 0 Å². The molecule has 1 aromatic heterocycles. The molecule has 4 nitrogen and oxygen atoms in total. The molecule has 1 aromatic carbocycles. The van der Waals surface area contributed by atoms with Gasteiger partial charge in [-0.25, -0.2) is 0 Å². The molecule has 14 heavy (non-hydrogen) atoms. The smallest absolute Gasteiger partial charge is 0.164 e. The molecule has 0 saturated carbocycles. The van der Waals surface area contributed by atoms with Crippen LogP contribution in [0.1, 0.15) is 6.42 Å². The molecule has 71 valence electrons. The van der Waals surface area contributed by atoms with Crippen LogP contribution in [0.15, 0.2) is 30.3 Å². The van der Waals surface area contributed by atoms with E-state index in [1.54, 1.807) is 4.80 Å². The summed E-state index contributed by atoms with van der Waals surface area (Å²) in [7, 11) is 0. The summed E-state index contributed by atoms with van der Waals surface area (Å²) in [5, 5.41) is 12.1. The fraction of sp³-hybridized carbons (Fsp3) is 0.200. The number of tetrazole rings is 1. The number of aryl methyl sites for hydroxylation is 1. The average molecular weight is 187 g/mol. The van der Waals surface area contributed by atoms with Crippen LogP contribution in [0.25, 0.3) is 11.4 Å². The monoisotopic (exact) mass is 187 g/mol. The van der Waals surface area contributed by atoms with Crippen LogP contribution < -0.4 is 0 Å². The molecular weight excluding hydrogens is 176 g/mol. The second kappa shape index (κ2) is 4.00. The van der Waals surface area contributed by atoms with Crippen molar-refractivity contribution >= 4 is 0 Å². The summed E-state index contributed by atoms with van der Waals surface area (Å²) < 4.78 is 0.